The molecular weight excluding hydrogens is 236 g/mol. The molecule has 0 aliphatic carbocycles. The average Bonchev–Trinajstić information content (AvgIpc) is 2.22. The van der Waals surface area contributed by atoms with Gasteiger partial charge in [0.1, 0.15) is 0 Å². The topological polar surface area (TPSA) is 46.3 Å². The lowest BCUT2D eigenvalue weighted by atomic mass is 9.86. The van der Waals surface area contributed by atoms with Crippen molar-refractivity contribution in [2.75, 3.05) is 13.1 Å². The van der Waals surface area contributed by atoms with E-state index in [4.69, 9.17) is 5.73 Å². The zero-order valence-corrected chi connectivity index (χ0v) is 12.9. The molecule has 4 heteroatoms. The van der Waals surface area contributed by atoms with Crippen molar-refractivity contribution in [2.45, 2.75) is 54.0 Å². The van der Waals surface area contributed by atoms with E-state index in [1.165, 1.54) is 0 Å². The monoisotopic (exact) mass is 264 g/mol. The lowest BCUT2D eigenvalue weighted by molar-refractivity contribution is -0.135. The second kappa shape index (κ2) is 7.93. The van der Waals surface area contributed by atoms with Crippen molar-refractivity contribution in [2.24, 2.45) is 17.1 Å². The third-order valence-corrected chi connectivity index (χ3v) is 3.12. The summed E-state index contributed by atoms with van der Waals surface area (Å²) in [6.07, 6.45) is 1.09. The fourth-order valence-corrected chi connectivity index (χ4v) is 1.45. The largest absolute Gasteiger partial charge is 0.341 e. The zero-order chi connectivity index (χ0) is 12.9. The highest BCUT2D eigenvalue weighted by molar-refractivity contribution is 5.85. The molecular formula is C13H29ClN2O. The molecule has 0 aromatic heterocycles. The summed E-state index contributed by atoms with van der Waals surface area (Å²) in [5.41, 5.74) is 5.83. The molecule has 104 valence electrons. The van der Waals surface area contributed by atoms with E-state index in [1.807, 2.05) is 32.6 Å². The van der Waals surface area contributed by atoms with E-state index < -0.39 is 6.04 Å². The third kappa shape index (κ3) is 6.27. The minimum Gasteiger partial charge on any atom is -0.341 e. The molecule has 0 aromatic carbocycles. The van der Waals surface area contributed by atoms with Crippen LogP contribution in [0, 0.1) is 11.3 Å². The minimum atomic E-state index is -0.406. The van der Waals surface area contributed by atoms with Gasteiger partial charge in [0, 0.05) is 13.1 Å². The maximum Gasteiger partial charge on any atom is 0.240 e. The van der Waals surface area contributed by atoms with Crippen LogP contribution in [-0.2, 0) is 4.79 Å². The first-order valence-corrected chi connectivity index (χ1v) is 6.28. The number of halogens is 1. The third-order valence-electron chi connectivity index (χ3n) is 3.12. The average molecular weight is 265 g/mol. The highest BCUT2D eigenvalue weighted by Crippen LogP contribution is 2.19. The van der Waals surface area contributed by atoms with Crippen LogP contribution < -0.4 is 5.73 Å². The van der Waals surface area contributed by atoms with Gasteiger partial charge in [0.2, 0.25) is 5.91 Å². The normalized spacial score (nSPS) is 14.8. The molecule has 0 bridgehead atoms. The first-order chi connectivity index (χ1) is 7.23. The molecule has 0 aliphatic rings. The molecule has 0 aromatic rings. The van der Waals surface area contributed by atoms with Crippen molar-refractivity contribution in [3.8, 4) is 0 Å². The SMILES string of the molecule is CCC(C)CN(CC)C(=O)[C@@H](N)C(C)(C)C.Cl. The van der Waals surface area contributed by atoms with E-state index in [0.717, 1.165) is 19.5 Å². The lowest BCUT2D eigenvalue weighted by Crippen LogP contribution is -2.51. The quantitative estimate of drug-likeness (QED) is 0.830. The fourth-order valence-electron chi connectivity index (χ4n) is 1.45. The van der Waals surface area contributed by atoms with Crippen molar-refractivity contribution < 1.29 is 4.79 Å². The summed E-state index contributed by atoms with van der Waals surface area (Å²) in [5.74, 6) is 0.617. The van der Waals surface area contributed by atoms with Crippen LogP contribution in [0.5, 0.6) is 0 Å². The predicted octanol–water partition coefficient (Wildman–Crippen LogP) is 2.68. The Balaban J connectivity index is 0. The van der Waals surface area contributed by atoms with Gasteiger partial charge >= 0.3 is 0 Å². The van der Waals surface area contributed by atoms with Gasteiger partial charge in [-0.3, -0.25) is 4.79 Å². The summed E-state index contributed by atoms with van der Waals surface area (Å²) in [7, 11) is 0. The summed E-state index contributed by atoms with van der Waals surface area (Å²) in [6.45, 7) is 13.9. The number of nitrogens with zero attached hydrogens (tertiary/aromatic N) is 1. The Morgan fingerprint density at radius 1 is 1.29 bits per heavy atom. The molecule has 3 nitrogen and oxygen atoms in total. The Bertz CT molecular complexity index is 226. The molecule has 17 heavy (non-hydrogen) atoms. The number of likely N-dealkylation sites (N-methyl/N-ethyl adjacent to an activating group) is 1. The summed E-state index contributed by atoms with van der Waals surface area (Å²) in [4.78, 5) is 14.1. The molecule has 0 fully saturated rings. The number of nitrogens with two attached hydrogens (primary N) is 1. The maximum atomic E-state index is 12.2. The Morgan fingerprint density at radius 2 is 1.76 bits per heavy atom. The van der Waals surface area contributed by atoms with Gasteiger partial charge in [0.05, 0.1) is 6.04 Å². The van der Waals surface area contributed by atoms with Gasteiger partial charge in [-0.25, -0.2) is 0 Å². The summed E-state index contributed by atoms with van der Waals surface area (Å²) >= 11 is 0. The number of rotatable bonds is 5. The molecule has 2 atom stereocenters. The highest BCUT2D eigenvalue weighted by atomic mass is 35.5. The van der Waals surface area contributed by atoms with Crippen LogP contribution in [0.3, 0.4) is 0 Å². The number of hydrogen-bond acceptors (Lipinski definition) is 2. The standard InChI is InChI=1S/C13H28N2O.ClH/c1-7-10(3)9-15(8-2)12(16)11(14)13(4,5)6;/h10-11H,7-9,14H2,1-6H3;1H/t10?,11-;/m1./s1. The van der Waals surface area contributed by atoms with E-state index in [2.05, 4.69) is 13.8 Å². The van der Waals surface area contributed by atoms with Crippen LogP contribution in [0.2, 0.25) is 0 Å². The zero-order valence-electron chi connectivity index (χ0n) is 12.1. The summed E-state index contributed by atoms with van der Waals surface area (Å²) in [6, 6.07) is -0.406. The van der Waals surface area contributed by atoms with E-state index in [-0.39, 0.29) is 23.7 Å². The van der Waals surface area contributed by atoms with Gasteiger partial charge in [-0.2, -0.15) is 0 Å². The van der Waals surface area contributed by atoms with E-state index in [1.54, 1.807) is 0 Å². The van der Waals surface area contributed by atoms with Crippen LogP contribution in [0.25, 0.3) is 0 Å². The van der Waals surface area contributed by atoms with Crippen LogP contribution in [-0.4, -0.2) is 29.9 Å². The molecule has 2 N–H and O–H groups in total. The smallest absolute Gasteiger partial charge is 0.240 e. The highest BCUT2D eigenvalue weighted by Gasteiger charge is 2.30. The Kier molecular flexibility index (Phi) is 8.90. The first kappa shape index (κ1) is 19.1. The molecule has 0 saturated carbocycles. The predicted molar refractivity (Wildman–Crippen MR) is 76.4 cm³/mol. The molecule has 0 saturated heterocycles. The van der Waals surface area contributed by atoms with Gasteiger partial charge in [-0.1, -0.05) is 41.0 Å². The van der Waals surface area contributed by atoms with Crippen LogP contribution in [0.15, 0.2) is 0 Å². The molecule has 1 unspecified atom stereocenters. The van der Waals surface area contributed by atoms with Crippen molar-refractivity contribution in [1.82, 2.24) is 4.90 Å². The van der Waals surface area contributed by atoms with Gasteiger partial charge in [0.25, 0.3) is 0 Å². The van der Waals surface area contributed by atoms with Crippen LogP contribution in [0.1, 0.15) is 48.0 Å². The molecule has 0 rings (SSSR count). The van der Waals surface area contributed by atoms with Gasteiger partial charge in [-0.15, -0.1) is 12.4 Å². The fraction of sp³-hybridized carbons (Fsp3) is 0.923. The van der Waals surface area contributed by atoms with E-state index >= 15 is 0 Å². The number of carbonyl (C=O) groups is 1. The number of hydrogen-bond donors (Lipinski definition) is 1. The molecule has 0 aliphatic heterocycles. The van der Waals surface area contributed by atoms with Crippen LogP contribution in [0.4, 0.5) is 0 Å². The number of carbonyl (C=O) groups excluding carboxylic acids is 1. The van der Waals surface area contributed by atoms with E-state index in [9.17, 15) is 4.79 Å². The molecule has 0 heterocycles. The molecule has 0 radical (unpaired) electrons. The van der Waals surface area contributed by atoms with Gasteiger partial charge in [0.15, 0.2) is 0 Å². The number of amides is 1. The Labute approximate surface area is 113 Å². The Hall–Kier alpha value is -0.280. The first-order valence-electron chi connectivity index (χ1n) is 6.28. The minimum absolute atomic E-state index is 0. The second-order valence-electron chi connectivity index (χ2n) is 5.73. The summed E-state index contributed by atoms with van der Waals surface area (Å²) < 4.78 is 0. The van der Waals surface area contributed by atoms with Crippen molar-refractivity contribution in [1.29, 1.82) is 0 Å². The second-order valence-corrected chi connectivity index (χ2v) is 5.73. The molecule has 1 amide bonds. The Morgan fingerprint density at radius 3 is 2.06 bits per heavy atom. The lowest BCUT2D eigenvalue weighted by Gasteiger charge is -2.32. The van der Waals surface area contributed by atoms with Crippen LogP contribution >= 0.6 is 12.4 Å². The summed E-state index contributed by atoms with van der Waals surface area (Å²) in [5, 5.41) is 0. The molecule has 0 spiro atoms. The van der Waals surface area contributed by atoms with E-state index in [0.29, 0.717) is 5.92 Å². The van der Waals surface area contributed by atoms with Crippen molar-refractivity contribution in [3.63, 3.8) is 0 Å². The van der Waals surface area contributed by atoms with Crippen molar-refractivity contribution >= 4 is 18.3 Å². The van der Waals surface area contributed by atoms with Gasteiger partial charge < -0.3 is 10.6 Å². The maximum absolute atomic E-state index is 12.2. The van der Waals surface area contributed by atoms with Crippen molar-refractivity contribution in [3.05, 3.63) is 0 Å². The van der Waals surface area contributed by atoms with Gasteiger partial charge in [-0.05, 0) is 18.3 Å².